The lowest BCUT2D eigenvalue weighted by Crippen LogP contribution is -2.33. The summed E-state index contributed by atoms with van der Waals surface area (Å²) in [7, 11) is 2.19. The first-order valence-corrected chi connectivity index (χ1v) is 11.5. The van der Waals surface area contributed by atoms with Crippen molar-refractivity contribution in [2.24, 2.45) is 0 Å². The van der Waals surface area contributed by atoms with Crippen LogP contribution in [0.25, 0.3) is 0 Å². The minimum absolute atomic E-state index is 0.0115. The maximum Gasteiger partial charge on any atom is 0.252 e. The Morgan fingerprint density at radius 2 is 1.93 bits per heavy atom. The second-order valence-corrected chi connectivity index (χ2v) is 8.56. The van der Waals surface area contributed by atoms with Crippen LogP contribution >= 0.6 is 11.3 Å². The molecule has 2 amide bonds. The number of rotatable bonds is 9. The van der Waals surface area contributed by atoms with Crippen LogP contribution in [-0.4, -0.2) is 36.3 Å². The van der Waals surface area contributed by atoms with Crippen LogP contribution in [0, 0.1) is 0 Å². The molecule has 0 atom stereocenters. The smallest absolute Gasteiger partial charge is 0.252 e. The van der Waals surface area contributed by atoms with E-state index < -0.39 is 0 Å². The Balaban J connectivity index is 1.44. The summed E-state index contributed by atoms with van der Waals surface area (Å²) in [4.78, 5) is 26.7. The second-order valence-electron chi connectivity index (χ2n) is 7.78. The van der Waals surface area contributed by atoms with Crippen LogP contribution in [0.3, 0.4) is 0 Å². The molecule has 1 fully saturated rings. The first kappa shape index (κ1) is 21.5. The molecule has 0 unspecified atom stereocenters. The van der Waals surface area contributed by atoms with E-state index in [0.717, 1.165) is 17.8 Å². The number of thiophene rings is 1. The summed E-state index contributed by atoms with van der Waals surface area (Å²) in [5, 5.41) is 9.62. The normalized spacial score (nSPS) is 14.7. The van der Waals surface area contributed by atoms with Crippen LogP contribution in [0.1, 0.15) is 60.9 Å². The molecule has 156 valence electrons. The Morgan fingerprint density at radius 1 is 1.14 bits per heavy atom. The zero-order valence-corrected chi connectivity index (χ0v) is 18.0. The molecule has 1 heterocycles. The number of amides is 2. The number of hydrogen-bond acceptors (Lipinski definition) is 4. The quantitative estimate of drug-likeness (QED) is 0.588. The highest BCUT2D eigenvalue weighted by atomic mass is 32.1. The van der Waals surface area contributed by atoms with E-state index in [1.54, 1.807) is 6.07 Å². The molecular formula is C23H31N3O2S. The number of hydrogen-bond donors (Lipinski definition) is 2. The highest BCUT2D eigenvalue weighted by Crippen LogP contribution is 2.25. The average Bonchev–Trinajstić information content (AvgIpc) is 3.28. The van der Waals surface area contributed by atoms with Crippen molar-refractivity contribution in [3.8, 4) is 0 Å². The van der Waals surface area contributed by atoms with Gasteiger partial charge in [0.2, 0.25) is 5.91 Å². The van der Waals surface area contributed by atoms with Crippen molar-refractivity contribution in [1.82, 2.24) is 10.2 Å². The van der Waals surface area contributed by atoms with Crippen molar-refractivity contribution in [2.45, 2.75) is 57.5 Å². The molecule has 3 rings (SSSR count). The minimum Gasteiger partial charge on any atom is -0.352 e. The van der Waals surface area contributed by atoms with Crippen LogP contribution in [0.2, 0.25) is 0 Å². The topological polar surface area (TPSA) is 61.4 Å². The molecule has 5 nitrogen and oxygen atoms in total. The lowest BCUT2D eigenvalue weighted by atomic mass is 9.94. The fraction of sp³-hybridized carbons (Fsp3) is 0.478. The molecule has 1 aromatic carbocycles. The molecule has 2 N–H and O–H groups in total. The Kier molecular flexibility index (Phi) is 8.25. The summed E-state index contributed by atoms with van der Waals surface area (Å²) in [5.74, 6) is -0.0923. The van der Waals surface area contributed by atoms with Gasteiger partial charge in [0.15, 0.2) is 0 Å². The van der Waals surface area contributed by atoms with Gasteiger partial charge in [-0.1, -0.05) is 37.5 Å². The average molecular weight is 414 g/mol. The summed E-state index contributed by atoms with van der Waals surface area (Å²) >= 11 is 1.50. The van der Waals surface area contributed by atoms with Crippen molar-refractivity contribution < 1.29 is 9.59 Å². The molecule has 0 aliphatic heterocycles. The first-order chi connectivity index (χ1) is 14.1. The standard InChI is InChI=1S/C23H31N3O2S/c1-26(20-9-3-2-4-10-20)16-18-8-5-6-11-21(18)25-22(27)12-7-14-24-23(28)19-13-15-29-17-19/h5-6,8,11,13,15,17,20H,2-4,7,9-10,12,14,16H2,1H3,(H,24,28)(H,25,27). The van der Waals surface area contributed by atoms with Crippen molar-refractivity contribution in [1.29, 1.82) is 0 Å². The zero-order chi connectivity index (χ0) is 20.5. The number of para-hydroxylation sites is 1. The van der Waals surface area contributed by atoms with E-state index >= 15 is 0 Å². The van der Waals surface area contributed by atoms with Crippen LogP contribution < -0.4 is 10.6 Å². The Hall–Kier alpha value is -2.18. The molecule has 0 saturated heterocycles. The van der Waals surface area contributed by atoms with Crippen molar-refractivity contribution in [3.63, 3.8) is 0 Å². The van der Waals surface area contributed by atoms with Gasteiger partial charge in [-0.25, -0.2) is 0 Å². The number of nitrogens with one attached hydrogen (secondary N) is 2. The fourth-order valence-electron chi connectivity index (χ4n) is 3.86. The van der Waals surface area contributed by atoms with E-state index in [1.807, 2.05) is 29.0 Å². The molecule has 1 aliphatic carbocycles. The van der Waals surface area contributed by atoms with Crippen LogP contribution in [0.5, 0.6) is 0 Å². The molecule has 0 bridgehead atoms. The highest BCUT2D eigenvalue weighted by molar-refractivity contribution is 7.08. The zero-order valence-electron chi connectivity index (χ0n) is 17.2. The van der Waals surface area contributed by atoms with Crippen molar-refractivity contribution in [3.05, 3.63) is 52.2 Å². The van der Waals surface area contributed by atoms with Gasteiger partial charge in [0.25, 0.3) is 5.91 Å². The summed E-state index contributed by atoms with van der Waals surface area (Å²) < 4.78 is 0. The molecule has 1 aromatic heterocycles. The van der Waals surface area contributed by atoms with Gasteiger partial charge in [0.1, 0.15) is 0 Å². The highest BCUT2D eigenvalue weighted by Gasteiger charge is 2.19. The van der Waals surface area contributed by atoms with E-state index in [4.69, 9.17) is 0 Å². The van der Waals surface area contributed by atoms with Crippen LogP contribution in [0.15, 0.2) is 41.1 Å². The van der Waals surface area contributed by atoms with Gasteiger partial charge in [-0.3, -0.25) is 14.5 Å². The van der Waals surface area contributed by atoms with Gasteiger partial charge >= 0.3 is 0 Å². The van der Waals surface area contributed by atoms with E-state index in [1.165, 1.54) is 43.4 Å². The van der Waals surface area contributed by atoms with Crippen LogP contribution in [-0.2, 0) is 11.3 Å². The fourth-order valence-corrected chi connectivity index (χ4v) is 4.49. The summed E-state index contributed by atoms with van der Waals surface area (Å²) in [5.41, 5.74) is 2.72. The van der Waals surface area contributed by atoms with Crippen molar-refractivity contribution in [2.75, 3.05) is 18.9 Å². The van der Waals surface area contributed by atoms with Gasteiger partial charge in [-0.05, 0) is 49.4 Å². The molecule has 0 radical (unpaired) electrons. The molecule has 0 spiro atoms. The predicted octanol–water partition coefficient (Wildman–Crippen LogP) is 4.66. The lowest BCUT2D eigenvalue weighted by molar-refractivity contribution is -0.116. The third kappa shape index (κ3) is 6.68. The van der Waals surface area contributed by atoms with E-state index in [0.29, 0.717) is 31.0 Å². The third-order valence-electron chi connectivity index (χ3n) is 5.56. The molecule has 1 aliphatic rings. The molecule has 2 aromatic rings. The SMILES string of the molecule is CN(Cc1ccccc1NC(=O)CCCNC(=O)c1ccsc1)C1CCCCC1. The Bertz CT molecular complexity index is 785. The Labute approximate surface area is 177 Å². The maximum atomic E-state index is 12.4. The van der Waals surface area contributed by atoms with Gasteiger partial charge < -0.3 is 10.6 Å². The van der Waals surface area contributed by atoms with Crippen molar-refractivity contribution >= 4 is 28.8 Å². The van der Waals surface area contributed by atoms with E-state index in [2.05, 4.69) is 28.6 Å². The van der Waals surface area contributed by atoms with Gasteiger partial charge in [-0.15, -0.1) is 0 Å². The first-order valence-electron chi connectivity index (χ1n) is 10.5. The summed E-state index contributed by atoms with van der Waals surface area (Å²) in [6, 6.07) is 10.5. The molecule has 29 heavy (non-hydrogen) atoms. The summed E-state index contributed by atoms with van der Waals surface area (Å²) in [6.07, 6.45) is 7.52. The van der Waals surface area contributed by atoms with Crippen LogP contribution in [0.4, 0.5) is 5.69 Å². The maximum absolute atomic E-state index is 12.4. The molecule has 1 saturated carbocycles. The minimum atomic E-state index is -0.0808. The number of benzene rings is 1. The summed E-state index contributed by atoms with van der Waals surface area (Å²) in [6.45, 7) is 1.34. The predicted molar refractivity (Wildman–Crippen MR) is 119 cm³/mol. The molecular weight excluding hydrogens is 382 g/mol. The van der Waals surface area contributed by atoms with Gasteiger partial charge in [0, 0.05) is 42.2 Å². The van der Waals surface area contributed by atoms with E-state index in [9.17, 15) is 9.59 Å². The second kappa shape index (κ2) is 11.1. The molecule has 6 heteroatoms. The number of nitrogens with zero attached hydrogens (tertiary/aromatic N) is 1. The number of anilines is 1. The third-order valence-corrected chi connectivity index (χ3v) is 6.24. The lowest BCUT2D eigenvalue weighted by Gasteiger charge is -2.31. The number of carbonyl (C=O) groups is 2. The van der Waals surface area contributed by atoms with Gasteiger partial charge in [-0.2, -0.15) is 11.3 Å². The largest absolute Gasteiger partial charge is 0.352 e. The van der Waals surface area contributed by atoms with E-state index in [-0.39, 0.29) is 11.8 Å². The Morgan fingerprint density at radius 3 is 2.69 bits per heavy atom. The van der Waals surface area contributed by atoms with Gasteiger partial charge in [0.05, 0.1) is 0 Å². The monoisotopic (exact) mass is 413 g/mol. The number of carbonyl (C=O) groups excluding carboxylic acids is 2.